The van der Waals surface area contributed by atoms with Gasteiger partial charge < -0.3 is 19.4 Å². The standard InChI is InChI=1S/C27H29ClN2O3.C2H6/c1-4-5-6-7-20(2)18-29-19-22-16-21-8-9-23(28)17-26(21)30(27(22)31)14-15-33-25-12-10-24(32-3)11-13-25;1-2/h4-13,16-17,29H,2,14-15,18-19H2,1,3H3;1-2H3/b5-4-,7-6-;. The van der Waals surface area contributed by atoms with Gasteiger partial charge in [-0.05, 0) is 60.3 Å². The van der Waals surface area contributed by atoms with Crippen LogP contribution in [0.5, 0.6) is 11.5 Å². The van der Waals surface area contributed by atoms with Crippen molar-refractivity contribution in [3.8, 4) is 11.5 Å². The Morgan fingerprint density at radius 1 is 1.09 bits per heavy atom. The van der Waals surface area contributed by atoms with Gasteiger partial charge in [-0.3, -0.25) is 4.79 Å². The van der Waals surface area contributed by atoms with E-state index in [0.717, 1.165) is 22.2 Å². The number of fused-ring (bicyclic) bond motifs is 1. The van der Waals surface area contributed by atoms with E-state index in [1.807, 2.05) is 93.6 Å². The molecule has 0 fully saturated rings. The summed E-state index contributed by atoms with van der Waals surface area (Å²) >= 11 is 6.22. The summed E-state index contributed by atoms with van der Waals surface area (Å²) in [5.74, 6) is 1.48. The summed E-state index contributed by atoms with van der Waals surface area (Å²) in [4.78, 5) is 13.3. The molecular weight excluding hydrogens is 460 g/mol. The van der Waals surface area contributed by atoms with E-state index in [1.54, 1.807) is 11.7 Å². The fraction of sp³-hybridized carbons (Fsp3) is 0.276. The van der Waals surface area contributed by atoms with Crippen LogP contribution in [0.15, 0.2) is 89.8 Å². The maximum absolute atomic E-state index is 13.3. The summed E-state index contributed by atoms with van der Waals surface area (Å²) in [6.45, 7) is 11.8. The van der Waals surface area contributed by atoms with E-state index in [-0.39, 0.29) is 5.56 Å². The summed E-state index contributed by atoms with van der Waals surface area (Å²) < 4.78 is 12.7. The van der Waals surface area contributed by atoms with Crippen molar-refractivity contribution in [2.24, 2.45) is 0 Å². The molecule has 0 aliphatic heterocycles. The van der Waals surface area contributed by atoms with E-state index in [1.165, 1.54) is 0 Å². The Balaban J connectivity index is 0.00000210. The molecule has 0 unspecified atom stereocenters. The minimum Gasteiger partial charge on any atom is -0.497 e. The van der Waals surface area contributed by atoms with Crippen LogP contribution < -0.4 is 20.3 Å². The van der Waals surface area contributed by atoms with E-state index in [9.17, 15) is 4.79 Å². The molecule has 0 atom stereocenters. The number of methoxy groups -OCH3 is 1. The van der Waals surface area contributed by atoms with E-state index in [4.69, 9.17) is 21.1 Å². The molecule has 0 amide bonds. The number of hydrogen-bond donors (Lipinski definition) is 1. The molecule has 0 bridgehead atoms. The molecule has 1 heterocycles. The summed E-state index contributed by atoms with van der Waals surface area (Å²) in [5, 5.41) is 4.84. The SMILES string of the molecule is C=C(/C=C\C=C/C)CNCc1cc2ccc(Cl)cc2n(CCOc2ccc(OC)cc2)c1=O.CC. The number of benzene rings is 2. The van der Waals surface area contributed by atoms with Gasteiger partial charge in [0.2, 0.25) is 0 Å². The first-order chi connectivity index (χ1) is 17.0. The molecule has 0 saturated heterocycles. The first kappa shape index (κ1) is 28.0. The van der Waals surface area contributed by atoms with Gasteiger partial charge in [-0.2, -0.15) is 0 Å². The number of ether oxygens (including phenoxy) is 2. The lowest BCUT2D eigenvalue weighted by molar-refractivity contribution is 0.298. The first-order valence-corrected chi connectivity index (χ1v) is 12.2. The van der Waals surface area contributed by atoms with Crippen molar-refractivity contribution in [3.05, 3.63) is 106 Å². The fourth-order valence-electron chi connectivity index (χ4n) is 3.40. The molecule has 1 aromatic heterocycles. The quantitative estimate of drug-likeness (QED) is 0.307. The lowest BCUT2D eigenvalue weighted by Crippen LogP contribution is -2.29. The van der Waals surface area contributed by atoms with Gasteiger partial charge in [0, 0.05) is 23.7 Å². The summed E-state index contributed by atoms with van der Waals surface area (Å²) in [5.41, 5.74) is 2.34. The lowest BCUT2D eigenvalue weighted by atomic mass is 10.1. The van der Waals surface area contributed by atoms with Gasteiger partial charge in [0.05, 0.1) is 19.2 Å². The van der Waals surface area contributed by atoms with Gasteiger partial charge in [0.1, 0.15) is 18.1 Å². The van der Waals surface area contributed by atoms with Crippen molar-refractivity contribution in [1.82, 2.24) is 9.88 Å². The highest BCUT2D eigenvalue weighted by Crippen LogP contribution is 2.20. The van der Waals surface area contributed by atoms with Gasteiger partial charge in [0.25, 0.3) is 5.56 Å². The van der Waals surface area contributed by atoms with Gasteiger partial charge >= 0.3 is 0 Å². The number of aromatic nitrogens is 1. The van der Waals surface area contributed by atoms with Crippen LogP contribution in [0.3, 0.4) is 0 Å². The smallest absolute Gasteiger partial charge is 0.255 e. The number of halogens is 1. The zero-order valence-electron chi connectivity index (χ0n) is 21.0. The second-order valence-electron chi connectivity index (χ2n) is 7.50. The number of hydrogen-bond acceptors (Lipinski definition) is 4. The fourth-order valence-corrected chi connectivity index (χ4v) is 3.57. The molecule has 186 valence electrons. The highest BCUT2D eigenvalue weighted by atomic mass is 35.5. The molecule has 6 heteroatoms. The number of rotatable bonds is 11. The second kappa shape index (κ2) is 14.9. The van der Waals surface area contributed by atoms with Crippen molar-refractivity contribution < 1.29 is 9.47 Å². The van der Waals surface area contributed by atoms with Gasteiger partial charge in [-0.1, -0.05) is 62.4 Å². The Morgan fingerprint density at radius 2 is 1.80 bits per heavy atom. The second-order valence-corrected chi connectivity index (χ2v) is 7.94. The Kier molecular flexibility index (Phi) is 11.9. The number of pyridine rings is 1. The molecular formula is C29H35ClN2O3. The minimum absolute atomic E-state index is 0.0642. The van der Waals surface area contributed by atoms with Crippen LogP contribution in [0.25, 0.3) is 10.9 Å². The van der Waals surface area contributed by atoms with Gasteiger partial charge in [-0.25, -0.2) is 0 Å². The Labute approximate surface area is 213 Å². The molecule has 3 rings (SSSR count). The molecule has 0 spiro atoms. The third-order valence-electron chi connectivity index (χ3n) is 5.08. The van der Waals surface area contributed by atoms with Crippen molar-refractivity contribution in [2.45, 2.75) is 33.9 Å². The average molecular weight is 495 g/mol. The normalized spacial score (nSPS) is 11.0. The molecule has 0 saturated carbocycles. The van der Waals surface area contributed by atoms with Crippen molar-refractivity contribution in [1.29, 1.82) is 0 Å². The van der Waals surface area contributed by atoms with E-state index < -0.39 is 0 Å². The average Bonchev–Trinajstić information content (AvgIpc) is 2.88. The van der Waals surface area contributed by atoms with Crippen LogP contribution in [0, 0.1) is 0 Å². The highest BCUT2D eigenvalue weighted by Gasteiger charge is 2.10. The Morgan fingerprint density at radius 3 is 2.49 bits per heavy atom. The van der Waals surface area contributed by atoms with Crippen LogP contribution in [0.1, 0.15) is 26.3 Å². The predicted molar refractivity (Wildman–Crippen MR) is 148 cm³/mol. The topological polar surface area (TPSA) is 52.5 Å². The highest BCUT2D eigenvalue weighted by molar-refractivity contribution is 6.31. The Hall–Kier alpha value is -3.28. The zero-order valence-corrected chi connectivity index (χ0v) is 21.8. The number of allylic oxidation sites excluding steroid dienone is 3. The lowest BCUT2D eigenvalue weighted by Gasteiger charge is -2.15. The third kappa shape index (κ3) is 8.46. The van der Waals surface area contributed by atoms with E-state index in [2.05, 4.69) is 11.9 Å². The third-order valence-corrected chi connectivity index (χ3v) is 5.31. The van der Waals surface area contributed by atoms with E-state index in [0.29, 0.717) is 42.6 Å². The molecule has 2 aromatic carbocycles. The van der Waals surface area contributed by atoms with Crippen LogP contribution >= 0.6 is 11.6 Å². The largest absolute Gasteiger partial charge is 0.497 e. The molecule has 0 radical (unpaired) electrons. The van der Waals surface area contributed by atoms with Crippen LogP contribution in [-0.2, 0) is 13.1 Å². The monoisotopic (exact) mass is 494 g/mol. The summed E-state index contributed by atoms with van der Waals surface area (Å²) in [6, 6.07) is 14.9. The van der Waals surface area contributed by atoms with Crippen LogP contribution in [0.4, 0.5) is 0 Å². The van der Waals surface area contributed by atoms with Crippen LogP contribution in [-0.4, -0.2) is 24.8 Å². The van der Waals surface area contributed by atoms with E-state index >= 15 is 0 Å². The Bertz CT molecular complexity index is 1210. The van der Waals surface area contributed by atoms with Gasteiger partial charge in [-0.15, -0.1) is 0 Å². The van der Waals surface area contributed by atoms with Crippen molar-refractivity contribution in [3.63, 3.8) is 0 Å². The summed E-state index contributed by atoms with van der Waals surface area (Å²) in [6.07, 6.45) is 7.80. The predicted octanol–water partition coefficient (Wildman–Crippen LogP) is 6.55. The number of nitrogens with zero attached hydrogens (tertiary/aromatic N) is 1. The van der Waals surface area contributed by atoms with Crippen LogP contribution in [0.2, 0.25) is 5.02 Å². The molecule has 35 heavy (non-hydrogen) atoms. The molecule has 3 aromatic rings. The molecule has 0 aliphatic rings. The summed E-state index contributed by atoms with van der Waals surface area (Å²) in [7, 11) is 1.62. The number of nitrogens with one attached hydrogen (secondary N) is 1. The molecule has 0 aliphatic carbocycles. The molecule has 1 N–H and O–H groups in total. The van der Waals surface area contributed by atoms with Gasteiger partial charge in [0.15, 0.2) is 0 Å². The maximum atomic E-state index is 13.3. The molecule has 5 nitrogen and oxygen atoms in total. The maximum Gasteiger partial charge on any atom is 0.255 e. The zero-order chi connectivity index (χ0) is 25.6. The first-order valence-electron chi connectivity index (χ1n) is 11.8. The van der Waals surface area contributed by atoms with Crippen molar-refractivity contribution >= 4 is 22.5 Å². The van der Waals surface area contributed by atoms with Crippen molar-refractivity contribution in [2.75, 3.05) is 20.3 Å². The minimum atomic E-state index is -0.0642.